The van der Waals surface area contributed by atoms with Gasteiger partial charge in [-0.1, -0.05) is 23.8 Å². The summed E-state index contributed by atoms with van der Waals surface area (Å²) in [6, 6.07) is 11.5. The molecular weight excluding hydrogens is 344 g/mol. The minimum absolute atomic E-state index is 0.101. The number of carbonyl (C=O) groups excluding carboxylic acids is 1. The molecule has 0 saturated heterocycles. The zero-order chi connectivity index (χ0) is 19.1. The maximum Gasteiger partial charge on any atom is 0.247 e. The van der Waals surface area contributed by atoms with Crippen LogP contribution < -0.4 is 10.1 Å². The van der Waals surface area contributed by atoms with Crippen molar-refractivity contribution in [3.63, 3.8) is 0 Å². The third-order valence-electron chi connectivity index (χ3n) is 3.94. The monoisotopic (exact) mass is 366 g/mol. The van der Waals surface area contributed by atoms with Crippen LogP contribution in [0.5, 0.6) is 5.88 Å². The predicted molar refractivity (Wildman–Crippen MR) is 100 cm³/mol. The van der Waals surface area contributed by atoms with E-state index >= 15 is 0 Å². The first-order chi connectivity index (χ1) is 13.2. The number of hydrogen-bond donors (Lipinski definition) is 1. The lowest BCUT2D eigenvalue weighted by Crippen LogP contribution is -2.23. The summed E-state index contributed by atoms with van der Waals surface area (Å²) >= 11 is 0. The molecule has 0 aliphatic carbocycles. The van der Waals surface area contributed by atoms with Crippen LogP contribution in [0.15, 0.2) is 47.0 Å². The standard InChI is InChI=1S/C20H22N4O3/c1-3-26-19-16(5-4-12-21-19)13-22-17(25)10-11-18-23-24-20(27-18)15-8-6-14(2)7-9-15/h4-9,12H,3,10-11,13H2,1-2H3,(H,22,25). The first-order valence-electron chi connectivity index (χ1n) is 8.88. The smallest absolute Gasteiger partial charge is 0.247 e. The molecule has 1 amide bonds. The van der Waals surface area contributed by atoms with Gasteiger partial charge >= 0.3 is 0 Å². The number of nitrogens with one attached hydrogen (secondary N) is 1. The first-order valence-corrected chi connectivity index (χ1v) is 8.88. The number of carbonyl (C=O) groups is 1. The van der Waals surface area contributed by atoms with Gasteiger partial charge in [0.05, 0.1) is 6.61 Å². The van der Waals surface area contributed by atoms with Gasteiger partial charge in [0, 0.05) is 36.7 Å². The number of aromatic nitrogens is 3. The molecule has 7 nitrogen and oxygen atoms in total. The topological polar surface area (TPSA) is 90.1 Å². The zero-order valence-electron chi connectivity index (χ0n) is 15.4. The molecule has 0 unspecified atom stereocenters. The second-order valence-corrected chi connectivity index (χ2v) is 6.04. The largest absolute Gasteiger partial charge is 0.478 e. The van der Waals surface area contributed by atoms with Crippen LogP contribution in [-0.2, 0) is 17.8 Å². The molecule has 0 bridgehead atoms. The van der Waals surface area contributed by atoms with Crippen LogP contribution in [0.25, 0.3) is 11.5 Å². The van der Waals surface area contributed by atoms with E-state index in [0.29, 0.717) is 37.2 Å². The average molecular weight is 366 g/mol. The van der Waals surface area contributed by atoms with Gasteiger partial charge < -0.3 is 14.5 Å². The van der Waals surface area contributed by atoms with Crippen molar-refractivity contribution in [2.45, 2.75) is 33.2 Å². The van der Waals surface area contributed by atoms with E-state index in [1.165, 1.54) is 0 Å². The number of hydrogen-bond acceptors (Lipinski definition) is 6. The molecule has 0 radical (unpaired) electrons. The van der Waals surface area contributed by atoms with Gasteiger partial charge in [-0.25, -0.2) is 4.98 Å². The van der Waals surface area contributed by atoms with Crippen LogP contribution in [0.1, 0.15) is 30.4 Å². The van der Waals surface area contributed by atoms with Crippen LogP contribution in [0.3, 0.4) is 0 Å². The van der Waals surface area contributed by atoms with E-state index in [1.807, 2.05) is 50.2 Å². The Kier molecular flexibility index (Phi) is 6.14. The maximum atomic E-state index is 12.1. The van der Waals surface area contributed by atoms with Gasteiger partial charge in [0.1, 0.15) is 0 Å². The Morgan fingerprint density at radius 2 is 2.00 bits per heavy atom. The highest BCUT2D eigenvalue weighted by atomic mass is 16.5. The van der Waals surface area contributed by atoms with E-state index in [9.17, 15) is 4.79 Å². The summed E-state index contributed by atoms with van der Waals surface area (Å²) in [6.45, 7) is 4.80. The average Bonchev–Trinajstić information content (AvgIpc) is 3.15. The lowest BCUT2D eigenvalue weighted by molar-refractivity contribution is -0.121. The summed E-state index contributed by atoms with van der Waals surface area (Å²) in [7, 11) is 0. The lowest BCUT2D eigenvalue weighted by atomic mass is 10.1. The van der Waals surface area contributed by atoms with Crippen molar-refractivity contribution in [2.75, 3.05) is 6.61 Å². The SMILES string of the molecule is CCOc1ncccc1CNC(=O)CCc1nnc(-c2ccc(C)cc2)o1. The van der Waals surface area contributed by atoms with Crippen molar-refractivity contribution in [2.24, 2.45) is 0 Å². The normalized spacial score (nSPS) is 10.6. The molecule has 27 heavy (non-hydrogen) atoms. The summed E-state index contributed by atoms with van der Waals surface area (Å²) in [6.07, 6.45) is 2.31. The maximum absolute atomic E-state index is 12.1. The van der Waals surface area contributed by atoms with Crippen molar-refractivity contribution in [3.05, 3.63) is 59.6 Å². The van der Waals surface area contributed by atoms with Crippen LogP contribution in [0.4, 0.5) is 0 Å². The molecule has 0 aliphatic rings. The number of rotatable bonds is 8. The minimum atomic E-state index is -0.101. The number of ether oxygens (including phenoxy) is 1. The van der Waals surface area contributed by atoms with Crippen LogP contribution in [0, 0.1) is 6.92 Å². The molecule has 2 heterocycles. The summed E-state index contributed by atoms with van der Waals surface area (Å²) < 4.78 is 11.1. The van der Waals surface area contributed by atoms with E-state index in [4.69, 9.17) is 9.15 Å². The second kappa shape index (κ2) is 8.93. The molecule has 140 valence electrons. The molecule has 2 aromatic heterocycles. The van der Waals surface area contributed by atoms with E-state index in [0.717, 1.165) is 16.7 Å². The fraction of sp³-hybridized carbons (Fsp3) is 0.300. The van der Waals surface area contributed by atoms with Crippen LogP contribution >= 0.6 is 0 Å². The van der Waals surface area contributed by atoms with Crippen LogP contribution in [0.2, 0.25) is 0 Å². The molecule has 7 heteroatoms. The predicted octanol–water partition coefficient (Wildman–Crippen LogP) is 3.09. The van der Waals surface area contributed by atoms with Gasteiger partial charge in [0.15, 0.2) is 0 Å². The molecule has 0 fully saturated rings. The highest BCUT2D eigenvalue weighted by Crippen LogP contribution is 2.19. The Hall–Kier alpha value is -3.22. The Labute approximate surface area is 157 Å². The van der Waals surface area contributed by atoms with Gasteiger partial charge in [0.2, 0.25) is 23.6 Å². The quantitative estimate of drug-likeness (QED) is 0.659. The fourth-order valence-electron chi connectivity index (χ4n) is 2.50. The number of pyridine rings is 1. The Balaban J connectivity index is 1.50. The third-order valence-corrected chi connectivity index (χ3v) is 3.94. The fourth-order valence-corrected chi connectivity index (χ4v) is 2.50. The second-order valence-electron chi connectivity index (χ2n) is 6.04. The van der Waals surface area contributed by atoms with Gasteiger partial charge in [-0.05, 0) is 32.0 Å². The van der Waals surface area contributed by atoms with E-state index in [-0.39, 0.29) is 12.3 Å². The van der Waals surface area contributed by atoms with Gasteiger partial charge in [-0.3, -0.25) is 4.79 Å². The van der Waals surface area contributed by atoms with Crippen molar-refractivity contribution in [1.82, 2.24) is 20.5 Å². The van der Waals surface area contributed by atoms with E-state index in [1.54, 1.807) is 6.20 Å². The molecule has 0 atom stereocenters. The number of benzene rings is 1. The van der Waals surface area contributed by atoms with Gasteiger partial charge in [0.25, 0.3) is 0 Å². The van der Waals surface area contributed by atoms with Gasteiger partial charge in [-0.2, -0.15) is 0 Å². The molecule has 0 saturated carbocycles. The summed E-state index contributed by atoms with van der Waals surface area (Å²) in [5.74, 6) is 1.34. The van der Waals surface area contributed by atoms with Crippen molar-refractivity contribution in [3.8, 4) is 17.3 Å². The number of nitrogens with zero attached hydrogens (tertiary/aromatic N) is 3. The number of amides is 1. The lowest BCUT2D eigenvalue weighted by Gasteiger charge is -2.09. The Morgan fingerprint density at radius 1 is 1.19 bits per heavy atom. The van der Waals surface area contributed by atoms with Gasteiger partial charge in [-0.15, -0.1) is 10.2 Å². The van der Waals surface area contributed by atoms with Crippen molar-refractivity contribution < 1.29 is 13.9 Å². The van der Waals surface area contributed by atoms with Crippen molar-refractivity contribution >= 4 is 5.91 Å². The van der Waals surface area contributed by atoms with Crippen LogP contribution in [-0.4, -0.2) is 27.7 Å². The van der Waals surface area contributed by atoms with E-state index < -0.39 is 0 Å². The molecule has 3 rings (SSSR count). The molecule has 3 aromatic rings. The first kappa shape index (κ1) is 18.6. The molecular formula is C20H22N4O3. The van der Waals surface area contributed by atoms with E-state index in [2.05, 4.69) is 20.5 Å². The van der Waals surface area contributed by atoms with Crippen molar-refractivity contribution in [1.29, 1.82) is 0 Å². The Bertz CT molecular complexity index is 890. The number of aryl methyl sites for hydroxylation is 2. The summed E-state index contributed by atoms with van der Waals surface area (Å²) in [4.78, 5) is 16.3. The zero-order valence-corrected chi connectivity index (χ0v) is 15.4. The Morgan fingerprint density at radius 3 is 2.78 bits per heavy atom. The molecule has 0 spiro atoms. The molecule has 0 aliphatic heterocycles. The highest BCUT2D eigenvalue weighted by Gasteiger charge is 2.11. The highest BCUT2D eigenvalue weighted by molar-refractivity contribution is 5.76. The molecule has 1 N–H and O–H groups in total. The molecule has 1 aromatic carbocycles. The summed E-state index contributed by atoms with van der Waals surface area (Å²) in [5.41, 5.74) is 2.87. The third kappa shape index (κ3) is 5.13. The summed E-state index contributed by atoms with van der Waals surface area (Å²) in [5, 5.41) is 10.9. The minimum Gasteiger partial charge on any atom is -0.478 e.